The predicted octanol–water partition coefficient (Wildman–Crippen LogP) is 1.08. The Hall–Kier alpha value is -2.31. The van der Waals surface area contributed by atoms with Gasteiger partial charge in [0.05, 0.1) is 29.7 Å². The summed E-state index contributed by atoms with van der Waals surface area (Å²) in [6.45, 7) is 2.87. The molecule has 24 heavy (non-hydrogen) atoms. The number of rotatable bonds is 3. The van der Waals surface area contributed by atoms with Crippen molar-refractivity contribution in [2.24, 2.45) is 11.8 Å². The average Bonchev–Trinajstić information content (AvgIpc) is 3.14. The molecule has 3 aliphatic rings. The maximum absolute atomic E-state index is 12.9. The highest BCUT2D eigenvalue weighted by Gasteiger charge is 2.72. The number of ether oxygens (including phenoxy) is 1. The number of carbonyl (C=O) groups excluding carboxylic acids is 3. The van der Waals surface area contributed by atoms with Gasteiger partial charge in [-0.05, 0) is 38.1 Å². The average molecular weight is 327 g/mol. The highest BCUT2D eigenvalue weighted by atomic mass is 16.5. The third-order valence-corrected chi connectivity index (χ3v) is 5.34. The van der Waals surface area contributed by atoms with Crippen LogP contribution in [-0.4, -0.2) is 40.5 Å². The van der Waals surface area contributed by atoms with E-state index in [1.165, 1.54) is 6.92 Å². The van der Waals surface area contributed by atoms with Crippen LogP contribution in [0.3, 0.4) is 0 Å². The van der Waals surface area contributed by atoms with Gasteiger partial charge in [-0.2, -0.15) is 0 Å². The molecule has 2 fully saturated rings. The first kappa shape index (κ1) is 15.2. The van der Waals surface area contributed by atoms with Gasteiger partial charge in [-0.15, -0.1) is 0 Å². The van der Waals surface area contributed by atoms with Crippen molar-refractivity contribution in [3.8, 4) is 0 Å². The Morgan fingerprint density at radius 3 is 2.38 bits per heavy atom. The fourth-order valence-electron chi connectivity index (χ4n) is 4.14. The summed E-state index contributed by atoms with van der Waals surface area (Å²) in [5.41, 5.74) is -1.06. The van der Waals surface area contributed by atoms with Crippen molar-refractivity contribution in [1.82, 2.24) is 0 Å². The number of aliphatic hydroxyl groups is 1. The second kappa shape index (κ2) is 4.62. The zero-order valence-corrected chi connectivity index (χ0v) is 13.4. The molecule has 124 valence electrons. The molecule has 0 aliphatic carbocycles. The highest BCUT2D eigenvalue weighted by Crippen LogP contribution is 2.57. The number of Topliss-reactive ketones (excluding diaryl/α,β-unsaturated/α-hetero) is 1. The van der Waals surface area contributed by atoms with Crippen LogP contribution in [0.4, 0.5) is 5.69 Å². The molecule has 6 heteroatoms. The van der Waals surface area contributed by atoms with Crippen LogP contribution in [0.15, 0.2) is 36.4 Å². The van der Waals surface area contributed by atoms with Crippen LogP contribution in [0.2, 0.25) is 0 Å². The molecule has 0 spiro atoms. The molecule has 4 atom stereocenters. The second-order valence-electron chi connectivity index (χ2n) is 6.80. The summed E-state index contributed by atoms with van der Waals surface area (Å²) >= 11 is 0. The molecule has 1 aromatic rings. The second-order valence-corrected chi connectivity index (χ2v) is 6.80. The lowest BCUT2D eigenvalue weighted by atomic mass is 9.73. The third-order valence-electron chi connectivity index (χ3n) is 5.34. The molecule has 2 saturated heterocycles. The van der Waals surface area contributed by atoms with Crippen molar-refractivity contribution in [3.05, 3.63) is 42.0 Å². The molecule has 2 bridgehead atoms. The first-order valence-corrected chi connectivity index (χ1v) is 7.83. The molecule has 0 saturated carbocycles. The Kier molecular flexibility index (Phi) is 2.93. The zero-order valence-electron chi connectivity index (χ0n) is 13.4. The van der Waals surface area contributed by atoms with Crippen molar-refractivity contribution in [3.63, 3.8) is 0 Å². The minimum absolute atomic E-state index is 0.0834. The fourth-order valence-corrected chi connectivity index (χ4v) is 4.14. The van der Waals surface area contributed by atoms with E-state index in [0.717, 1.165) is 4.90 Å². The number of imide groups is 1. The van der Waals surface area contributed by atoms with Crippen molar-refractivity contribution >= 4 is 23.3 Å². The number of hydrogen-bond acceptors (Lipinski definition) is 5. The quantitative estimate of drug-likeness (QED) is 0.510. The van der Waals surface area contributed by atoms with E-state index in [1.54, 1.807) is 43.3 Å². The molecule has 0 aromatic heterocycles. The predicted molar refractivity (Wildman–Crippen MR) is 84.4 cm³/mol. The Labute approximate surface area is 138 Å². The Bertz CT molecular complexity index is 798. The number of ketones is 1. The first-order chi connectivity index (χ1) is 11.3. The maximum atomic E-state index is 12.9. The number of hydrogen-bond donors (Lipinski definition) is 1. The monoisotopic (exact) mass is 327 g/mol. The molecule has 3 heterocycles. The van der Waals surface area contributed by atoms with Gasteiger partial charge in [0.15, 0.2) is 5.78 Å². The van der Waals surface area contributed by atoms with Gasteiger partial charge in [-0.1, -0.05) is 12.2 Å². The molecule has 4 rings (SSSR count). The number of anilines is 1. The van der Waals surface area contributed by atoms with Crippen LogP contribution < -0.4 is 4.90 Å². The Morgan fingerprint density at radius 2 is 1.79 bits per heavy atom. The molecule has 3 aliphatic heterocycles. The number of benzene rings is 1. The summed E-state index contributed by atoms with van der Waals surface area (Å²) in [6.07, 6.45) is 3.46. The van der Waals surface area contributed by atoms with Crippen LogP contribution in [-0.2, 0) is 14.3 Å². The molecule has 2 amide bonds. The SMILES string of the molecule is CC(=O)c1ccc(N2C(=O)[C@@H]3[C@H](C2=O)[C@@]2(CO)C=C[C@@]3(C)O2)cc1. The van der Waals surface area contributed by atoms with Gasteiger partial charge in [0.25, 0.3) is 0 Å². The lowest BCUT2D eigenvalue weighted by Crippen LogP contribution is -2.43. The minimum atomic E-state index is -1.12. The van der Waals surface area contributed by atoms with Crippen LogP contribution in [0.5, 0.6) is 0 Å². The summed E-state index contributed by atoms with van der Waals surface area (Å²) < 4.78 is 5.87. The van der Waals surface area contributed by atoms with Crippen LogP contribution >= 0.6 is 0 Å². The number of aliphatic hydroxyl groups excluding tert-OH is 1. The van der Waals surface area contributed by atoms with E-state index in [2.05, 4.69) is 0 Å². The normalized spacial score (nSPS) is 36.5. The van der Waals surface area contributed by atoms with Gasteiger partial charge in [-0.3, -0.25) is 14.4 Å². The van der Waals surface area contributed by atoms with Gasteiger partial charge in [0.1, 0.15) is 5.60 Å². The molecule has 1 N–H and O–H groups in total. The van der Waals surface area contributed by atoms with Gasteiger partial charge in [-0.25, -0.2) is 4.90 Å². The molecule has 6 nitrogen and oxygen atoms in total. The zero-order chi connectivity index (χ0) is 17.3. The lowest BCUT2D eigenvalue weighted by molar-refractivity contribution is -0.131. The molecular weight excluding hydrogens is 310 g/mol. The molecule has 1 aromatic carbocycles. The number of nitrogens with zero attached hydrogens (tertiary/aromatic N) is 1. The van der Waals surface area contributed by atoms with E-state index in [4.69, 9.17) is 4.74 Å². The summed E-state index contributed by atoms with van der Waals surface area (Å²) in [6, 6.07) is 6.38. The van der Waals surface area contributed by atoms with Gasteiger partial charge < -0.3 is 9.84 Å². The fraction of sp³-hybridized carbons (Fsp3) is 0.389. The summed E-state index contributed by atoms with van der Waals surface area (Å²) in [4.78, 5) is 38.4. The van der Waals surface area contributed by atoms with Crippen molar-refractivity contribution in [2.45, 2.75) is 25.0 Å². The third kappa shape index (κ3) is 1.70. The number of amides is 2. The smallest absolute Gasteiger partial charge is 0.241 e. The summed E-state index contributed by atoms with van der Waals surface area (Å²) in [5.74, 6) is -2.16. The molecule has 0 unspecified atom stereocenters. The molecule has 0 radical (unpaired) electrons. The van der Waals surface area contributed by atoms with Gasteiger partial charge in [0.2, 0.25) is 11.8 Å². The van der Waals surface area contributed by atoms with E-state index in [1.807, 2.05) is 0 Å². The summed E-state index contributed by atoms with van der Waals surface area (Å²) in [5, 5.41) is 9.77. The van der Waals surface area contributed by atoms with E-state index in [0.29, 0.717) is 11.3 Å². The van der Waals surface area contributed by atoms with Crippen molar-refractivity contribution in [1.29, 1.82) is 0 Å². The van der Waals surface area contributed by atoms with Crippen LogP contribution in [0, 0.1) is 11.8 Å². The first-order valence-electron chi connectivity index (χ1n) is 7.83. The topological polar surface area (TPSA) is 83.9 Å². The number of fused-ring (bicyclic) bond motifs is 5. The van der Waals surface area contributed by atoms with Crippen molar-refractivity contribution in [2.75, 3.05) is 11.5 Å². The highest BCUT2D eigenvalue weighted by molar-refractivity contribution is 6.23. The van der Waals surface area contributed by atoms with Gasteiger partial charge >= 0.3 is 0 Å². The Balaban J connectivity index is 1.75. The standard InChI is InChI=1S/C18H17NO5/c1-10(21)11-3-5-12(6-4-11)19-15(22)13-14(16(19)23)18(9-20)8-7-17(13,2)24-18/h3-8,13-14,20H,9H2,1-2H3/t13-,14+,17+,18-/m0/s1. The van der Waals surface area contributed by atoms with Crippen LogP contribution in [0.25, 0.3) is 0 Å². The largest absolute Gasteiger partial charge is 0.393 e. The van der Waals surface area contributed by atoms with E-state index >= 15 is 0 Å². The maximum Gasteiger partial charge on any atom is 0.241 e. The van der Waals surface area contributed by atoms with Crippen LogP contribution in [0.1, 0.15) is 24.2 Å². The van der Waals surface area contributed by atoms with Gasteiger partial charge in [0, 0.05) is 5.56 Å². The Morgan fingerprint density at radius 1 is 1.17 bits per heavy atom. The van der Waals surface area contributed by atoms with E-state index in [-0.39, 0.29) is 24.2 Å². The lowest BCUT2D eigenvalue weighted by Gasteiger charge is -2.27. The van der Waals surface area contributed by atoms with E-state index in [9.17, 15) is 19.5 Å². The summed E-state index contributed by atoms with van der Waals surface area (Å²) in [7, 11) is 0. The van der Waals surface area contributed by atoms with Crippen molar-refractivity contribution < 1.29 is 24.2 Å². The minimum Gasteiger partial charge on any atom is -0.393 e. The number of carbonyl (C=O) groups is 3. The van der Waals surface area contributed by atoms with E-state index < -0.39 is 23.0 Å². The molecular formula is C18H17NO5.